The van der Waals surface area contributed by atoms with Crippen molar-refractivity contribution >= 4 is 11.9 Å². The molecule has 2 rings (SSSR count). The van der Waals surface area contributed by atoms with Gasteiger partial charge in [0, 0.05) is 17.3 Å². The van der Waals surface area contributed by atoms with Crippen molar-refractivity contribution in [3.63, 3.8) is 0 Å². The number of aliphatic imine (C=N–C) groups is 1. The highest BCUT2D eigenvalue weighted by atomic mass is 16.5. The first-order valence-corrected chi connectivity index (χ1v) is 8.58. The summed E-state index contributed by atoms with van der Waals surface area (Å²) in [5, 5.41) is 10.8. The van der Waals surface area contributed by atoms with Crippen LogP contribution in [0, 0.1) is 0 Å². The summed E-state index contributed by atoms with van der Waals surface area (Å²) < 4.78 is 5.18. The molecule has 0 radical (unpaired) electrons. The number of rotatable bonds is 3. The molecular formula is C22H29NO2. The number of hydrogen-bond acceptors (Lipinski definition) is 3. The van der Waals surface area contributed by atoms with E-state index in [0.29, 0.717) is 5.75 Å². The zero-order chi connectivity index (χ0) is 18.8. The van der Waals surface area contributed by atoms with Crippen LogP contribution in [0.15, 0.2) is 41.4 Å². The van der Waals surface area contributed by atoms with Gasteiger partial charge in [-0.2, -0.15) is 0 Å². The van der Waals surface area contributed by atoms with Gasteiger partial charge in [-0.1, -0.05) is 41.5 Å². The Balaban J connectivity index is 2.47. The molecule has 0 aliphatic rings. The third-order valence-corrected chi connectivity index (χ3v) is 4.19. The molecule has 0 fully saturated rings. The molecule has 25 heavy (non-hydrogen) atoms. The van der Waals surface area contributed by atoms with E-state index >= 15 is 0 Å². The zero-order valence-electron chi connectivity index (χ0n) is 16.3. The van der Waals surface area contributed by atoms with Crippen molar-refractivity contribution in [3.05, 3.63) is 53.1 Å². The highest BCUT2D eigenvalue weighted by Crippen LogP contribution is 2.41. The SMILES string of the molecule is COc1ccc(C=Nc2cc(C(C)(C)C)c(O)c(C(C)(C)C)c2)cc1. The molecule has 1 N–H and O–H groups in total. The molecule has 0 saturated heterocycles. The van der Waals surface area contributed by atoms with Gasteiger partial charge >= 0.3 is 0 Å². The van der Waals surface area contributed by atoms with E-state index in [1.54, 1.807) is 7.11 Å². The van der Waals surface area contributed by atoms with Crippen LogP contribution in [-0.2, 0) is 10.8 Å². The normalized spacial score (nSPS) is 12.6. The standard InChI is InChI=1S/C22H29NO2/c1-21(2,3)18-12-16(13-19(20(18)24)22(4,5)6)23-14-15-8-10-17(25-7)11-9-15/h8-14,24H,1-7H3. The lowest BCUT2D eigenvalue weighted by atomic mass is 9.79. The van der Waals surface area contributed by atoms with Crippen molar-refractivity contribution in [3.8, 4) is 11.5 Å². The van der Waals surface area contributed by atoms with Crippen molar-refractivity contribution in [2.75, 3.05) is 7.11 Å². The Hall–Kier alpha value is -2.29. The largest absolute Gasteiger partial charge is 0.507 e. The van der Waals surface area contributed by atoms with E-state index in [2.05, 4.69) is 46.5 Å². The molecule has 0 aliphatic heterocycles. The first-order chi connectivity index (χ1) is 11.5. The van der Waals surface area contributed by atoms with Crippen LogP contribution < -0.4 is 4.74 Å². The molecule has 0 bridgehead atoms. The molecule has 0 unspecified atom stereocenters. The van der Waals surface area contributed by atoms with Crippen LogP contribution in [0.5, 0.6) is 11.5 Å². The zero-order valence-corrected chi connectivity index (χ0v) is 16.3. The van der Waals surface area contributed by atoms with Crippen molar-refractivity contribution in [2.24, 2.45) is 4.99 Å². The first-order valence-electron chi connectivity index (χ1n) is 8.58. The van der Waals surface area contributed by atoms with Crippen molar-refractivity contribution in [1.29, 1.82) is 0 Å². The fourth-order valence-corrected chi connectivity index (χ4v) is 2.68. The van der Waals surface area contributed by atoms with Gasteiger partial charge in [0.25, 0.3) is 0 Å². The van der Waals surface area contributed by atoms with E-state index in [-0.39, 0.29) is 10.8 Å². The van der Waals surface area contributed by atoms with Crippen LogP contribution in [0.4, 0.5) is 5.69 Å². The molecule has 0 atom stereocenters. The van der Waals surface area contributed by atoms with Gasteiger partial charge in [0.15, 0.2) is 0 Å². The highest BCUT2D eigenvalue weighted by Gasteiger charge is 2.26. The maximum atomic E-state index is 10.8. The lowest BCUT2D eigenvalue weighted by Crippen LogP contribution is -2.16. The Morgan fingerprint density at radius 1 is 0.880 bits per heavy atom. The van der Waals surface area contributed by atoms with E-state index in [9.17, 15) is 5.11 Å². The second-order valence-corrected chi connectivity index (χ2v) is 8.42. The molecule has 3 heteroatoms. The quantitative estimate of drug-likeness (QED) is 0.724. The van der Waals surface area contributed by atoms with Gasteiger partial charge in [-0.15, -0.1) is 0 Å². The Morgan fingerprint density at radius 2 is 1.36 bits per heavy atom. The molecule has 0 amide bonds. The highest BCUT2D eigenvalue weighted by molar-refractivity contribution is 5.82. The lowest BCUT2D eigenvalue weighted by Gasteiger charge is -2.27. The minimum absolute atomic E-state index is 0.157. The summed E-state index contributed by atoms with van der Waals surface area (Å²) in [6.07, 6.45) is 1.84. The van der Waals surface area contributed by atoms with Gasteiger partial charge in [0.05, 0.1) is 12.8 Å². The minimum atomic E-state index is -0.157. The fraction of sp³-hybridized carbons (Fsp3) is 0.409. The van der Waals surface area contributed by atoms with Gasteiger partial charge in [0.2, 0.25) is 0 Å². The third-order valence-electron chi connectivity index (χ3n) is 4.19. The molecule has 0 aromatic heterocycles. The summed E-state index contributed by atoms with van der Waals surface area (Å²) in [7, 11) is 1.65. The van der Waals surface area contributed by atoms with Crippen LogP contribution in [0.1, 0.15) is 58.2 Å². The number of phenolic OH excluding ortho intramolecular Hbond substituents is 1. The average Bonchev–Trinajstić information content (AvgIpc) is 2.52. The molecule has 0 saturated carbocycles. The van der Waals surface area contributed by atoms with Crippen molar-refractivity contribution in [2.45, 2.75) is 52.4 Å². The van der Waals surface area contributed by atoms with Crippen molar-refractivity contribution < 1.29 is 9.84 Å². The summed E-state index contributed by atoms with van der Waals surface area (Å²) in [6.45, 7) is 12.6. The summed E-state index contributed by atoms with van der Waals surface area (Å²) >= 11 is 0. The van der Waals surface area contributed by atoms with E-state index in [1.807, 2.05) is 42.6 Å². The Morgan fingerprint density at radius 3 is 1.76 bits per heavy atom. The van der Waals surface area contributed by atoms with Gasteiger partial charge in [-0.25, -0.2) is 0 Å². The number of hydrogen-bond donors (Lipinski definition) is 1. The Kier molecular flexibility index (Phi) is 5.26. The topological polar surface area (TPSA) is 41.8 Å². The molecule has 2 aromatic rings. The van der Waals surface area contributed by atoms with E-state index in [4.69, 9.17) is 4.74 Å². The van der Waals surface area contributed by atoms with Gasteiger partial charge < -0.3 is 9.84 Å². The fourth-order valence-electron chi connectivity index (χ4n) is 2.68. The number of phenols is 1. The van der Waals surface area contributed by atoms with Crippen molar-refractivity contribution in [1.82, 2.24) is 0 Å². The Bertz CT molecular complexity index is 725. The molecule has 2 aromatic carbocycles. The van der Waals surface area contributed by atoms with Gasteiger partial charge in [-0.05, 0) is 52.8 Å². The Labute approximate surface area is 151 Å². The molecule has 134 valence electrons. The van der Waals surface area contributed by atoms with Crippen LogP contribution in [0.2, 0.25) is 0 Å². The number of nitrogens with zero attached hydrogens (tertiary/aromatic N) is 1. The molecule has 0 heterocycles. The first kappa shape index (κ1) is 19.0. The number of methoxy groups -OCH3 is 1. The number of ether oxygens (including phenoxy) is 1. The maximum Gasteiger partial charge on any atom is 0.123 e. The average molecular weight is 339 g/mol. The monoisotopic (exact) mass is 339 g/mol. The van der Waals surface area contributed by atoms with E-state index in [1.165, 1.54) is 0 Å². The smallest absolute Gasteiger partial charge is 0.123 e. The third kappa shape index (κ3) is 4.62. The maximum absolute atomic E-state index is 10.8. The molecule has 0 spiro atoms. The number of benzene rings is 2. The summed E-state index contributed by atoms with van der Waals surface area (Å²) in [6, 6.07) is 11.7. The van der Waals surface area contributed by atoms with Crippen LogP contribution in [0.3, 0.4) is 0 Å². The van der Waals surface area contributed by atoms with Gasteiger partial charge in [0.1, 0.15) is 11.5 Å². The van der Waals surface area contributed by atoms with E-state index < -0.39 is 0 Å². The molecule has 0 aliphatic carbocycles. The van der Waals surface area contributed by atoms with Gasteiger partial charge in [-0.3, -0.25) is 4.99 Å². The van der Waals surface area contributed by atoms with E-state index in [0.717, 1.165) is 28.1 Å². The van der Waals surface area contributed by atoms with Crippen LogP contribution in [-0.4, -0.2) is 18.4 Å². The second kappa shape index (κ2) is 6.91. The molecular weight excluding hydrogens is 310 g/mol. The minimum Gasteiger partial charge on any atom is -0.507 e. The predicted molar refractivity (Wildman–Crippen MR) is 106 cm³/mol. The van der Waals surface area contributed by atoms with Crippen LogP contribution in [0.25, 0.3) is 0 Å². The summed E-state index contributed by atoms with van der Waals surface area (Å²) in [4.78, 5) is 4.64. The lowest BCUT2D eigenvalue weighted by molar-refractivity contribution is 0.415. The predicted octanol–water partition coefficient (Wildman–Crippen LogP) is 5.75. The summed E-state index contributed by atoms with van der Waals surface area (Å²) in [5.74, 6) is 1.20. The number of aromatic hydroxyl groups is 1. The van der Waals surface area contributed by atoms with Crippen LogP contribution >= 0.6 is 0 Å². The summed E-state index contributed by atoms with van der Waals surface area (Å²) in [5.41, 5.74) is 3.38. The second-order valence-electron chi connectivity index (χ2n) is 8.42. The molecule has 3 nitrogen and oxygen atoms in total.